The lowest BCUT2D eigenvalue weighted by molar-refractivity contribution is 0.171. The summed E-state index contributed by atoms with van der Waals surface area (Å²) >= 11 is 0. The number of likely N-dealkylation sites (tertiary alicyclic amines) is 1. The van der Waals surface area contributed by atoms with Gasteiger partial charge in [-0.15, -0.1) is 0 Å². The van der Waals surface area contributed by atoms with E-state index in [1.54, 1.807) is 0 Å². The van der Waals surface area contributed by atoms with Crippen molar-refractivity contribution in [1.29, 1.82) is 0 Å². The molecule has 0 saturated carbocycles. The molecule has 0 aromatic carbocycles. The lowest BCUT2D eigenvalue weighted by atomic mass is 9.93. The van der Waals surface area contributed by atoms with Crippen molar-refractivity contribution >= 4 is 11.5 Å². The Morgan fingerprint density at radius 2 is 2.00 bits per heavy atom. The summed E-state index contributed by atoms with van der Waals surface area (Å²) in [6.45, 7) is 6.88. The summed E-state index contributed by atoms with van der Waals surface area (Å²) in [6.07, 6.45) is 4.50. The molecule has 0 radical (unpaired) electrons. The van der Waals surface area contributed by atoms with Crippen LogP contribution in [0.5, 0.6) is 0 Å². The zero-order valence-corrected chi connectivity index (χ0v) is 11.7. The van der Waals surface area contributed by atoms with E-state index >= 15 is 0 Å². The quantitative estimate of drug-likeness (QED) is 0.900. The molecular weight excluding hydrogens is 236 g/mol. The summed E-state index contributed by atoms with van der Waals surface area (Å²) in [5.41, 5.74) is 8.13. The van der Waals surface area contributed by atoms with E-state index in [9.17, 15) is 0 Å². The Bertz CT molecular complexity index is 565. The van der Waals surface area contributed by atoms with Crippen molar-refractivity contribution in [1.82, 2.24) is 14.3 Å². The molecule has 1 fully saturated rings. The molecule has 102 valence electrons. The molecule has 2 N–H and O–H groups in total. The maximum absolute atomic E-state index is 5.98. The maximum Gasteiger partial charge on any atom is 0.138 e. The lowest BCUT2D eigenvalue weighted by Crippen LogP contribution is -2.37. The molecule has 0 spiro atoms. The minimum Gasteiger partial charge on any atom is -0.385 e. The van der Waals surface area contributed by atoms with Gasteiger partial charge in [-0.3, -0.25) is 4.40 Å². The van der Waals surface area contributed by atoms with Crippen molar-refractivity contribution in [3.63, 3.8) is 0 Å². The second-order valence-corrected chi connectivity index (χ2v) is 5.75. The van der Waals surface area contributed by atoms with Gasteiger partial charge in [0.2, 0.25) is 0 Å². The third kappa shape index (κ3) is 2.32. The summed E-state index contributed by atoms with van der Waals surface area (Å²) < 4.78 is 1.99. The number of nitrogens with zero attached hydrogens (tertiary/aromatic N) is 3. The number of pyridine rings is 1. The van der Waals surface area contributed by atoms with Gasteiger partial charge in [-0.2, -0.15) is 0 Å². The first kappa shape index (κ1) is 12.5. The van der Waals surface area contributed by atoms with Gasteiger partial charge in [0.15, 0.2) is 0 Å². The smallest absolute Gasteiger partial charge is 0.138 e. The van der Waals surface area contributed by atoms with Crippen LogP contribution in [0, 0.1) is 0 Å². The summed E-state index contributed by atoms with van der Waals surface area (Å²) in [7, 11) is 0. The first-order valence-corrected chi connectivity index (χ1v) is 7.12. The average molecular weight is 258 g/mol. The Morgan fingerprint density at radius 3 is 2.63 bits per heavy atom. The average Bonchev–Trinajstić information content (AvgIpc) is 2.84. The van der Waals surface area contributed by atoms with Crippen LogP contribution in [0.2, 0.25) is 0 Å². The molecule has 19 heavy (non-hydrogen) atoms. The molecular formula is C15H22N4. The Kier molecular flexibility index (Phi) is 3.19. The van der Waals surface area contributed by atoms with Crippen LogP contribution in [0.15, 0.2) is 24.4 Å². The van der Waals surface area contributed by atoms with E-state index in [4.69, 9.17) is 10.7 Å². The fourth-order valence-electron chi connectivity index (χ4n) is 2.96. The number of hydrogen-bond acceptors (Lipinski definition) is 3. The zero-order valence-electron chi connectivity index (χ0n) is 11.7. The van der Waals surface area contributed by atoms with Gasteiger partial charge in [0.25, 0.3) is 0 Å². The first-order valence-electron chi connectivity index (χ1n) is 7.12. The van der Waals surface area contributed by atoms with E-state index in [1.807, 2.05) is 22.6 Å². The minimum atomic E-state index is 0.578. The van der Waals surface area contributed by atoms with Gasteiger partial charge in [0.05, 0.1) is 5.69 Å². The minimum absolute atomic E-state index is 0.578. The van der Waals surface area contributed by atoms with Crippen molar-refractivity contribution in [2.45, 2.75) is 38.6 Å². The van der Waals surface area contributed by atoms with E-state index in [1.165, 1.54) is 31.6 Å². The van der Waals surface area contributed by atoms with Crippen LogP contribution in [-0.2, 0) is 0 Å². The number of fused-ring (bicyclic) bond motifs is 1. The lowest BCUT2D eigenvalue weighted by Gasteiger charge is -2.33. The zero-order chi connectivity index (χ0) is 13.4. The second kappa shape index (κ2) is 4.85. The van der Waals surface area contributed by atoms with Crippen LogP contribution in [0.4, 0.5) is 5.82 Å². The van der Waals surface area contributed by atoms with Crippen LogP contribution >= 0.6 is 0 Å². The van der Waals surface area contributed by atoms with Crippen molar-refractivity contribution in [2.75, 3.05) is 18.8 Å². The highest BCUT2D eigenvalue weighted by Gasteiger charge is 2.23. The normalized spacial score (nSPS) is 18.5. The fraction of sp³-hybridized carbons (Fsp3) is 0.533. The van der Waals surface area contributed by atoms with E-state index in [-0.39, 0.29) is 0 Å². The molecule has 1 saturated heterocycles. The van der Waals surface area contributed by atoms with Gasteiger partial charge in [-0.1, -0.05) is 6.07 Å². The Labute approximate surface area is 114 Å². The number of hydrogen-bond donors (Lipinski definition) is 1. The molecule has 0 atom stereocenters. The predicted octanol–water partition coefficient (Wildman–Crippen LogP) is 2.50. The number of rotatable bonds is 2. The van der Waals surface area contributed by atoms with Crippen LogP contribution in [0.3, 0.4) is 0 Å². The molecule has 2 aromatic heterocycles. The van der Waals surface area contributed by atoms with Gasteiger partial charge in [0, 0.05) is 18.2 Å². The molecule has 3 heterocycles. The van der Waals surface area contributed by atoms with Crippen LogP contribution in [0.25, 0.3) is 5.65 Å². The van der Waals surface area contributed by atoms with Crippen molar-refractivity contribution in [3.05, 3.63) is 30.1 Å². The Balaban J connectivity index is 1.80. The third-order valence-electron chi connectivity index (χ3n) is 4.22. The number of anilines is 1. The molecule has 2 aromatic rings. The molecule has 0 bridgehead atoms. The molecule has 0 aliphatic carbocycles. The number of piperidine rings is 1. The van der Waals surface area contributed by atoms with Crippen LogP contribution in [-0.4, -0.2) is 33.4 Å². The van der Waals surface area contributed by atoms with E-state index in [0.717, 1.165) is 11.5 Å². The number of nitrogen functional groups attached to an aromatic ring is 1. The number of imidazole rings is 1. The van der Waals surface area contributed by atoms with E-state index in [0.29, 0.717) is 12.0 Å². The maximum atomic E-state index is 5.98. The summed E-state index contributed by atoms with van der Waals surface area (Å²) in [4.78, 5) is 7.27. The molecule has 3 rings (SSSR count). The molecule has 4 heteroatoms. The number of nitrogens with two attached hydrogens (primary N) is 1. The van der Waals surface area contributed by atoms with Crippen molar-refractivity contribution in [2.24, 2.45) is 0 Å². The van der Waals surface area contributed by atoms with Crippen molar-refractivity contribution < 1.29 is 0 Å². The second-order valence-electron chi connectivity index (χ2n) is 5.75. The highest BCUT2D eigenvalue weighted by Crippen LogP contribution is 2.28. The molecule has 0 amide bonds. The standard InChI is InChI=1S/C15H22N4/c1-11(2)18-8-6-12(7-9-18)13-10-19-14(16)4-3-5-15(19)17-13/h3-5,10-12H,6-9,16H2,1-2H3. The van der Waals surface area contributed by atoms with Gasteiger partial charge < -0.3 is 10.6 Å². The SMILES string of the molecule is CC(C)N1CCC(c2cn3c(N)cccc3n2)CC1. The molecule has 0 unspecified atom stereocenters. The van der Waals surface area contributed by atoms with Crippen LogP contribution < -0.4 is 5.73 Å². The fourth-order valence-corrected chi connectivity index (χ4v) is 2.96. The number of aromatic nitrogens is 2. The predicted molar refractivity (Wildman–Crippen MR) is 78.3 cm³/mol. The van der Waals surface area contributed by atoms with Crippen LogP contribution in [0.1, 0.15) is 38.3 Å². The molecule has 1 aliphatic heterocycles. The van der Waals surface area contributed by atoms with Gasteiger partial charge in [-0.25, -0.2) is 4.98 Å². The summed E-state index contributed by atoms with van der Waals surface area (Å²) in [5, 5.41) is 0. The first-order chi connectivity index (χ1) is 9.15. The topological polar surface area (TPSA) is 46.6 Å². The van der Waals surface area contributed by atoms with Gasteiger partial charge >= 0.3 is 0 Å². The van der Waals surface area contributed by atoms with E-state index in [2.05, 4.69) is 24.9 Å². The van der Waals surface area contributed by atoms with Crippen molar-refractivity contribution in [3.8, 4) is 0 Å². The molecule has 4 nitrogen and oxygen atoms in total. The van der Waals surface area contributed by atoms with E-state index < -0.39 is 0 Å². The van der Waals surface area contributed by atoms with Gasteiger partial charge in [0.1, 0.15) is 11.5 Å². The highest BCUT2D eigenvalue weighted by molar-refractivity contribution is 5.49. The highest BCUT2D eigenvalue weighted by atomic mass is 15.2. The van der Waals surface area contributed by atoms with Gasteiger partial charge in [-0.05, 0) is 51.9 Å². The Hall–Kier alpha value is -1.55. The monoisotopic (exact) mass is 258 g/mol. The third-order valence-corrected chi connectivity index (χ3v) is 4.22. The molecule has 1 aliphatic rings. The summed E-state index contributed by atoms with van der Waals surface area (Å²) in [5.74, 6) is 1.34. The largest absolute Gasteiger partial charge is 0.385 e. The Morgan fingerprint density at radius 1 is 1.26 bits per heavy atom. The summed E-state index contributed by atoms with van der Waals surface area (Å²) in [6, 6.07) is 6.55.